The molecule has 2 nitrogen and oxygen atoms in total. The first-order valence-electron chi connectivity index (χ1n) is 6.75. The van der Waals surface area contributed by atoms with E-state index in [9.17, 15) is 0 Å². The van der Waals surface area contributed by atoms with E-state index in [2.05, 4.69) is 31.0 Å². The van der Waals surface area contributed by atoms with Crippen molar-refractivity contribution in [2.75, 3.05) is 26.2 Å². The van der Waals surface area contributed by atoms with Gasteiger partial charge in [-0.25, -0.2) is 0 Å². The summed E-state index contributed by atoms with van der Waals surface area (Å²) in [4.78, 5) is 2.64. The Labute approximate surface area is 95.4 Å². The molecular weight excluding hydrogens is 184 g/mol. The Kier molecular flexibility index (Phi) is 6.26. The van der Waals surface area contributed by atoms with Crippen LogP contribution in [0.5, 0.6) is 0 Å². The molecule has 0 aromatic heterocycles. The highest BCUT2D eigenvalue weighted by atomic mass is 15.2. The molecule has 2 heteroatoms. The van der Waals surface area contributed by atoms with Crippen molar-refractivity contribution in [1.82, 2.24) is 10.2 Å². The molecule has 1 saturated heterocycles. The first-order chi connectivity index (χ1) is 7.30. The van der Waals surface area contributed by atoms with Gasteiger partial charge in [0.05, 0.1) is 0 Å². The predicted molar refractivity (Wildman–Crippen MR) is 67.2 cm³/mol. The normalized spacial score (nSPS) is 28.2. The molecule has 0 aromatic carbocycles. The van der Waals surface area contributed by atoms with Gasteiger partial charge in [0.1, 0.15) is 0 Å². The van der Waals surface area contributed by atoms with Crippen LogP contribution in [-0.2, 0) is 0 Å². The fourth-order valence-electron chi connectivity index (χ4n) is 2.59. The molecule has 0 aromatic rings. The van der Waals surface area contributed by atoms with E-state index in [1.807, 2.05) is 0 Å². The van der Waals surface area contributed by atoms with Crippen LogP contribution in [0.15, 0.2) is 0 Å². The number of hydrogen-bond donors (Lipinski definition) is 1. The molecule has 1 rings (SSSR count). The lowest BCUT2D eigenvalue weighted by atomic mass is 9.92. The lowest BCUT2D eigenvalue weighted by molar-refractivity contribution is 0.139. The molecule has 0 bridgehead atoms. The second-order valence-corrected chi connectivity index (χ2v) is 4.92. The van der Waals surface area contributed by atoms with Crippen LogP contribution in [0.2, 0.25) is 0 Å². The molecule has 2 unspecified atom stereocenters. The zero-order valence-electron chi connectivity index (χ0n) is 10.8. The largest absolute Gasteiger partial charge is 0.313 e. The minimum absolute atomic E-state index is 0.746. The number of nitrogens with zero attached hydrogens (tertiary/aromatic N) is 1. The summed E-state index contributed by atoms with van der Waals surface area (Å²) < 4.78 is 0. The quantitative estimate of drug-likeness (QED) is 0.728. The molecule has 90 valence electrons. The van der Waals surface area contributed by atoms with E-state index in [1.165, 1.54) is 51.9 Å². The third-order valence-corrected chi connectivity index (χ3v) is 3.41. The van der Waals surface area contributed by atoms with Gasteiger partial charge in [0.15, 0.2) is 0 Å². The molecule has 1 fully saturated rings. The molecular formula is C13H28N2. The Morgan fingerprint density at radius 3 is 2.53 bits per heavy atom. The second-order valence-electron chi connectivity index (χ2n) is 4.92. The summed E-state index contributed by atoms with van der Waals surface area (Å²) in [5.41, 5.74) is 0. The van der Waals surface area contributed by atoms with E-state index in [0.717, 1.165) is 12.0 Å². The van der Waals surface area contributed by atoms with E-state index < -0.39 is 0 Å². The monoisotopic (exact) mass is 212 g/mol. The fraction of sp³-hybridized carbons (Fsp3) is 1.00. The highest BCUT2D eigenvalue weighted by Gasteiger charge is 2.24. The van der Waals surface area contributed by atoms with Crippen molar-refractivity contribution >= 4 is 0 Å². The minimum Gasteiger partial charge on any atom is -0.313 e. The fourth-order valence-corrected chi connectivity index (χ4v) is 2.59. The van der Waals surface area contributed by atoms with E-state index in [4.69, 9.17) is 0 Å². The summed E-state index contributed by atoms with van der Waals surface area (Å²) in [6.45, 7) is 11.9. The highest BCUT2D eigenvalue weighted by Crippen LogP contribution is 2.19. The molecule has 1 aliphatic heterocycles. The van der Waals surface area contributed by atoms with Gasteiger partial charge in [0, 0.05) is 19.1 Å². The summed E-state index contributed by atoms with van der Waals surface area (Å²) in [6.07, 6.45) is 5.26. The van der Waals surface area contributed by atoms with Gasteiger partial charge in [0.25, 0.3) is 0 Å². The Balaban J connectivity index is 2.36. The van der Waals surface area contributed by atoms with Gasteiger partial charge in [0.2, 0.25) is 0 Å². The molecule has 2 atom stereocenters. The Hall–Kier alpha value is -0.0800. The van der Waals surface area contributed by atoms with Gasteiger partial charge in [-0.3, -0.25) is 0 Å². The van der Waals surface area contributed by atoms with Gasteiger partial charge in [-0.05, 0) is 38.3 Å². The average Bonchev–Trinajstić information content (AvgIpc) is 2.26. The Bertz CT molecular complexity index is 159. The molecule has 15 heavy (non-hydrogen) atoms. The van der Waals surface area contributed by atoms with E-state index >= 15 is 0 Å². The van der Waals surface area contributed by atoms with Crippen LogP contribution in [0, 0.1) is 5.92 Å². The minimum atomic E-state index is 0.746. The van der Waals surface area contributed by atoms with Crippen molar-refractivity contribution < 1.29 is 0 Å². The third kappa shape index (κ3) is 4.52. The number of hydrogen-bond acceptors (Lipinski definition) is 2. The second kappa shape index (κ2) is 7.24. The van der Waals surface area contributed by atoms with Crippen LogP contribution in [0.4, 0.5) is 0 Å². The lowest BCUT2D eigenvalue weighted by Crippen LogP contribution is -2.49. The van der Waals surface area contributed by atoms with Gasteiger partial charge >= 0.3 is 0 Å². The van der Waals surface area contributed by atoms with Gasteiger partial charge in [-0.15, -0.1) is 0 Å². The van der Waals surface area contributed by atoms with Crippen molar-refractivity contribution in [3.8, 4) is 0 Å². The van der Waals surface area contributed by atoms with Crippen LogP contribution >= 0.6 is 0 Å². The average molecular weight is 212 g/mol. The van der Waals surface area contributed by atoms with Gasteiger partial charge < -0.3 is 10.2 Å². The number of rotatable bonds is 6. The smallest absolute Gasteiger partial charge is 0.0198 e. The first-order valence-corrected chi connectivity index (χ1v) is 6.75. The maximum absolute atomic E-state index is 3.68. The highest BCUT2D eigenvalue weighted by molar-refractivity contribution is 4.82. The first kappa shape index (κ1) is 13.0. The SMILES string of the molecule is CCCNC1CC(CC)CN(CCC)C1. The standard InChI is InChI=1S/C13H28N2/c1-4-7-14-13-9-12(6-3)10-15(11-13)8-5-2/h12-14H,4-11H2,1-3H3. The molecule has 0 radical (unpaired) electrons. The zero-order chi connectivity index (χ0) is 11.1. The lowest BCUT2D eigenvalue weighted by Gasteiger charge is -2.38. The molecule has 0 aliphatic carbocycles. The molecule has 0 amide bonds. The summed E-state index contributed by atoms with van der Waals surface area (Å²) >= 11 is 0. The van der Waals surface area contributed by atoms with Crippen molar-refractivity contribution in [2.45, 2.75) is 52.5 Å². The zero-order valence-corrected chi connectivity index (χ0v) is 10.8. The van der Waals surface area contributed by atoms with Crippen LogP contribution < -0.4 is 5.32 Å². The predicted octanol–water partition coefficient (Wildman–Crippen LogP) is 2.50. The topological polar surface area (TPSA) is 15.3 Å². The van der Waals surface area contributed by atoms with Crippen molar-refractivity contribution in [3.63, 3.8) is 0 Å². The Morgan fingerprint density at radius 1 is 1.13 bits per heavy atom. The van der Waals surface area contributed by atoms with E-state index in [0.29, 0.717) is 0 Å². The molecule has 0 saturated carbocycles. The molecule has 1 aliphatic rings. The van der Waals surface area contributed by atoms with Gasteiger partial charge in [-0.1, -0.05) is 27.2 Å². The van der Waals surface area contributed by atoms with Crippen LogP contribution in [0.1, 0.15) is 46.5 Å². The number of likely N-dealkylation sites (tertiary alicyclic amines) is 1. The van der Waals surface area contributed by atoms with Crippen LogP contribution in [-0.4, -0.2) is 37.1 Å². The third-order valence-electron chi connectivity index (χ3n) is 3.41. The van der Waals surface area contributed by atoms with E-state index in [1.54, 1.807) is 0 Å². The van der Waals surface area contributed by atoms with Crippen molar-refractivity contribution in [3.05, 3.63) is 0 Å². The number of nitrogens with one attached hydrogen (secondary N) is 1. The summed E-state index contributed by atoms with van der Waals surface area (Å²) in [6, 6.07) is 0.746. The number of piperidine rings is 1. The van der Waals surface area contributed by atoms with Crippen LogP contribution in [0.25, 0.3) is 0 Å². The Morgan fingerprint density at radius 2 is 1.93 bits per heavy atom. The summed E-state index contributed by atoms with van der Waals surface area (Å²) in [5, 5.41) is 3.68. The molecule has 1 N–H and O–H groups in total. The maximum Gasteiger partial charge on any atom is 0.0198 e. The summed E-state index contributed by atoms with van der Waals surface area (Å²) in [5.74, 6) is 0.916. The molecule has 0 spiro atoms. The molecule has 1 heterocycles. The van der Waals surface area contributed by atoms with Crippen molar-refractivity contribution in [2.24, 2.45) is 5.92 Å². The van der Waals surface area contributed by atoms with Crippen LogP contribution in [0.3, 0.4) is 0 Å². The van der Waals surface area contributed by atoms with E-state index in [-0.39, 0.29) is 0 Å². The van der Waals surface area contributed by atoms with Crippen molar-refractivity contribution in [1.29, 1.82) is 0 Å². The maximum atomic E-state index is 3.68. The van der Waals surface area contributed by atoms with Gasteiger partial charge in [-0.2, -0.15) is 0 Å². The summed E-state index contributed by atoms with van der Waals surface area (Å²) in [7, 11) is 0.